The first-order chi connectivity index (χ1) is 17.4. The maximum absolute atomic E-state index is 12.8. The Morgan fingerprint density at radius 2 is 1.78 bits per heavy atom. The maximum Gasteiger partial charge on any atom is 0.265 e. The fraction of sp³-hybridized carbons (Fsp3) is 0.250. The molecule has 8 heteroatoms. The predicted molar refractivity (Wildman–Crippen MR) is 149 cm³/mol. The van der Waals surface area contributed by atoms with E-state index in [0.717, 1.165) is 29.0 Å². The molecule has 0 spiro atoms. The fourth-order valence-electron chi connectivity index (χ4n) is 3.32. The van der Waals surface area contributed by atoms with E-state index >= 15 is 0 Å². The molecule has 1 amide bonds. The van der Waals surface area contributed by atoms with Crippen LogP contribution < -0.4 is 25.1 Å². The normalized spacial score (nSPS) is 10.9. The van der Waals surface area contributed by atoms with Crippen molar-refractivity contribution in [1.82, 2.24) is 0 Å². The van der Waals surface area contributed by atoms with Gasteiger partial charge in [0.05, 0.1) is 17.7 Å². The molecule has 0 radical (unpaired) electrons. The Kier molecular flexibility index (Phi) is 10.7. The molecule has 2 N–H and O–H groups in total. The van der Waals surface area contributed by atoms with Gasteiger partial charge in [0.25, 0.3) is 5.91 Å². The first kappa shape index (κ1) is 27.6. The van der Waals surface area contributed by atoms with Crippen LogP contribution in [0.4, 0.5) is 5.69 Å². The second-order valence-electron chi connectivity index (χ2n) is 7.85. The van der Waals surface area contributed by atoms with Crippen molar-refractivity contribution < 1.29 is 19.0 Å². The molecule has 3 aromatic carbocycles. The van der Waals surface area contributed by atoms with Crippen molar-refractivity contribution >= 4 is 45.2 Å². The topological polar surface area (TPSA) is 74.0 Å². The molecule has 0 fully saturated rings. The number of ether oxygens (including phenoxy) is 3. The lowest BCUT2D eigenvalue weighted by atomic mass is 10.1. The Balaban J connectivity index is 1.76. The summed E-state index contributed by atoms with van der Waals surface area (Å²) in [7, 11) is 0. The van der Waals surface area contributed by atoms with Gasteiger partial charge in [-0.25, -0.2) is 10.9 Å². The summed E-state index contributed by atoms with van der Waals surface area (Å²) in [5, 5.41) is 1.71. The minimum absolute atomic E-state index is 0.286. The molecule has 0 atom stereocenters. The monoisotopic (exact) mass is 572 g/mol. The number of hydrogen-bond acceptors (Lipinski definition) is 5. The second kappa shape index (κ2) is 13.9. The minimum atomic E-state index is -0.394. The summed E-state index contributed by atoms with van der Waals surface area (Å²) in [6.07, 6.45) is 5.01. The highest BCUT2D eigenvalue weighted by atomic mass is 79.9. The number of para-hydroxylation sites is 2. The number of benzene rings is 3. The average Bonchev–Trinajstić information content (AvgIpc) is 2.88. The Morgan fingerprint density at radius 1 is 1.03 bits per heavy atom. The molecule has 0 aromatic heterocycles. The van der Waals surface area contributed by atoms with Crippen molar-refractivity contribution in [2.75, 3.05) is 18.2 Å². The summed E-state index contributed by atoms with van der Waals surface area (Å²) in [6, 6.07) is 18.4. The Bertz CT molecular complexity index is 1200. The molecule has 0 saturated carbocycles. The highest BCUT2D eigenvalue weighted by Crippen LogP contribution is 2.38. The third-order valence-corrected chi connectivity index (χ3v) is 6.16. The van der Waals surface area contributed by atoms with Crippen molar-refractivity contribution in [3.63, 3.8) is 0 Å². The molecule has 0 heterocycles. The van der Waals surface area contributed by atoms with E-state index in [1.54, 1.807) is 18.2 Å². The predicted octanol–water partition coefficient (Wildman–Crippen LogP) is 7.18. The standard InChI is InChI=1S/C28H30BrClN2O4/c1-3-5-16-35-25-13-9-8-12-24(25)32(31)27(33)15-14-20-17-22(29)28(26(18-20)34-4-2)36-19-21-10-6-7-11-23(21)30/h6-15,17-18H,3-5,16,19,31H2,1-2H3/b15-14+. The quantitative estimate of drug-likeness (QED) is 0.0817. The molecule has 0 aliphatic heterocycles. The lowest BCUT2D eigenvalue weighted by molar-refractivity contribution is -0.114. The van der Waals surface area contributed by atoms with Crippen molar-refractivity contribution in [2.24, 2.45) is 5.84 Å². The molecular weight excluding hydrogens is 544 g/mol. The molecule has 3 aromatic rings. The van der Waals surface area contributed by atoms with Crippen LogP contribution in [0.3, 0.4) is 0 Å². The molecule has 3 rings (SSSR count). The molecule has 0 aliphatic carbocycles. The number of nitrogens with two attached hydrogens (primary N) is 1. The van der Waals surface area contributed by atoms with Gasteiger partial charge in [0.1, 0.15) is 18.0 Å². The third-order valence-electron chi connectivity index (χ3n) is 5.20. The lowest BCUT2D eigenvalue weighted by Crippen LogP contribution is -2.36. The van der Waals surface area contributed by atoms with Crippen molar-refractivity contribution in [3.8, 4) is 17.2 Å². The number of unbranched alkanes of at least 4 members (excludes halogenated alkanes) is 1. The molecule has 0 saturated heterocycles. The smallest absolute Gasteiger partial charge is 0.265 e. The Morgan fingerprint density at radius 3 is 2.53 bits per heavy atom. The van der Waals surface area contributed by atoms with Crippen LogP contribution in [0.1, 0.15) is 37.8 Å². The largest absolute Gasteiger partial charge is 0.491 e. The van der Waals surface area contributed by atoms with Crippen LogP contribution in [-0.4, -0.2) is 19.1 Å². The van der Waals surface area contributed by atoms with Gasteiger partial charge in [-0.15, -0.1) is 0 Å². The summed E-state index contributed by atoms with van der Waals surface area (Å²) in [5.41, 5.74) is 2.11. The summed E-state index contributed by atoms with van der Waals surface area (Å²) >= 11 is 9.82. The van der Waals surface area contributed by atoms with Gasteiger partial charge >= 0.3 is 0 Å². The Labute approximate surface area is 225 Å². The fourth-order valence-corrected chi connectivity index (χ4v) is 4.09. The van der Waals surface area contributed by atoms with Crippen LogP contribution >= 0.6 is 27.5 Å². The molecule has 6 nitrogen and oxygen atoms in total. The van der Waals surface area contributed by atoms with E-state index in [9.17, 15) is 4.79 Å². The number of anilines is 1. The van der Waals surface area contributed by atoms with E-state index in [1.807, 2.05) is 55.5 Å². The summed E-state index contributed by atoms with van der Waals surface area (Å²) in [4.78, 5) is 12.8. The van der Waals surface area contributed by atoms with Crippen LogP contribution in [0, 0.1) is 0 Å². The van der Waals surface area contributed by atoms with Crippen LogP contribution in [-0.2, 0) is 11.4 Å². The van der Waals surface area contributed by atoms with Crippen molar-refractivity contribution in [1.29, 1.82) is 0 Å². The van der Waals surface area contributed by atoms with Gasteiger partial charge < -0.3 is 14.2 Å². The number of hydrazine groups is 1. The van der Waals surface area contributed by atoms with Gasteiger partial charge in [-0.3, -0.25) is 4.79 Å². The number of halogens is 2. The number of carbonyl (C=O) groups excluding carboxylic acids is 1. The Hall–Kier alpha value is -3.00. The highest BCUT2D eigenvalue weighted by Gasteiger charge is 2.16. The zero-order valence-corrected chi connectivity index (χ0v) is 22.7. The summed E-state index contributed by atoms with van der Waals surface area (Å²) in [5.74, 6) is 7.41. The first-order valence-corrected chi connectivity index (χ1v) is 12.9. The van der Waals surface area contributed by atoms with Crippen LogP contribution in [0.25, 0.3) is 6.08 Å². The van der Waals surface area contributed by atoms with Crippen molar-refractivity contribution in [3.05, 3.63) is 87.4 Å². The van der Waals surface area contributed by atoms with Crippen molar-refractivity contribution in [2.45, 2.75) is 33.3 Å². The number of nitrogens with zero attached hydrogens (tertiary/aromatic N) is 1. The van der Waals surface area contributed by atoms with Gasteiger partial charge in [0.15, 0.2) is 11.5 Å². The van der Waals surface area contributed by atoms with Gasteiger partial charge in [-0.2, -0.15) is 0 Å². The summed E-state index contributed by atoms with van der Waals surface area (Å²) < 4.78 is 18.3. The summed E-state index contributed by atoms with van der Waals surface area (Å²) in [6.45, 7) is 5.28. The SMILES string of the molecule is CCCCOc1ccccc1N(N)C(=O)/C=C/c1cc(Br)c(OCc2ccccc2Cl)c(OCC)c1. The van der Waals surface area contributed by atoms with E-state index in [4.69, 9.17) is 31.7 Å². The van der Waals surface area contributed by atoms with Crippen LogP contribution in [0.2, 0.25) is 5.02 Å². The number of carbonyl (C=O) groups is 1. The van der Waals surface area contributed by atoms with E-state index in [1.165, 1.54) is 6.08 Å². The van der Waals surface area contributed by atoms with E-state index < -0.39 is 5.91 Å². The van der Waals surface area contributed by atoms with E-state index in [2.05, 4.69) is 22.9 Å². The van der Waals surface area contributed by atoms with Crippen LogP contribution in [0.5, 0.6) is 17.2 Å². The molecule has 36 heavy (non-hydrogen) atoms. The number of amides is 1. The number of hydrogen-bond donors (Lipinski definition) is 1. The zero-order valence-electron chi connectivity index (χ0n) is 20.4. The zero-order chi connectivity index (χ0) is 25.9. The van der Waals surface area contributed by atoms with E-state index in [-0.39, 0.29) is 6.61 Å². The second-order valence-corrected chi connectivity index (χ2v) is 9.12. The maximum atomic E-state index is 12.8. The molecular formula is C28H30BrClN2O4. The molecule has 190 valence electrons. The first-order valence-electron chi connectivity index (χ1n) is 11.8. The number of rotatable bonds is 12. The van der Waals surface area contributed by atoms with Gasteiger partial charge in [0.2, 0.25) is 0 Å². The van der Waals surface area contributed by atoms with Gasteiger partial charge in [0, 0.05) is 16.7 Å². The van der Waals surface area contributed by atoms with Gasteiger partial charge in [-0.05, 0) is 71.2 Å². The third kappa shape index (κ3) is 7.50. The molecule has 0 aliphatic rings. The minimum Gasteiger partial charge on any atom is -0.491 e. The van der Waals surface area contributed by atoms with E-state index in [0.29, 0.717) is 45.6 Å². The van der Waals surface area contributed by atoms with Gasteiger partial charge in [-0.1, -0.05) is 55.3 Å². The highest BCUT2D eigenvalue weighted by molar-refractivity contribution is 9.10. The molecule has 0 unspecified atom stereocenters. The molecule has 0 bridgehead atoms. The average molecular weight is 574 g/mol. The van der Waals surface area contributed by atoms with Crippen LogP contribution in [0.15, 0.2) is 71.2 Å². The lowest BCUT2D eigenvalue weighted by Gasteiger charge is -2.19.